The topological polar surface area (TPSA) is 63.4 Å². The molecule has 2 aliphatic rings. The molecular weight excluding hydrogens is 284 g/mol. The van der Waals surface area contributed by atoms with Crippen LogP contribution >= 0.6 is 0 Å². The van der Waals surface area contributed by atoms with E-state index >= 15 is 0 Å². The quantitative estimate of drug-likeness (QED) is 0.932. The Kier molecular flexibility index (Phi) is 4.08. The Morgan fingerprint density at radius 1 is 1.24 bits per heavy atom. The Bertz CT molecular complexity index is 627. The molecule has 2 fully saturated rings. The van der Waals surface area contributed by atoms with E-state index in [1.165, 1.54) is 12.8 Å². The van der Waals surface area contributed by atoms with Crippen molar-refractivity contribution in [2.45, 2.75) is 56.5 Å². The van der Waals surface area contributed by atoms with Gasteiger partial charge in [-0.05, 0) is 49.3 Å². The van der Waals surface area contributed by atoms with Crippen LogP contribution in [0.4, 0.5) is 0 Å². The van der Waals surface area contributed by atoms with Gasteiger partial charge in [-0.15, -0.1) is 0 Å². The van der Waals surface area contributed by atoms with Gasteiger partial charge < -0.3 is 5.73 Å². The van der Waals surface area contributed by atoms with Crippen LogP contribution in [0.15, 0.2) is 23.1 Å². The molecular formula is C16H24N2O2S. The van der Waals surface area contributed by atoms with Crippen LogP contribution in [0.3, 0.4) is 0 Å². The minimum Gasteiger partial charge on any atom is -0.326 e. The van der Waals surface area contributed by atoms with Gasteiger partial charge in [-0.25, -0.2) is 8.42 Å². The van der Waals surface area contributed by atoms with Gasteiger partial charge in [0.25, 0.3) is 0 Å². The van der Waals surface area contributed by atoms with E-state index < -0.39 is 10.0 Å². The lowest BCUT2D eigenvalue weighted by Crippen LogP contribution is -2.39. The summed E-state index contributed by atoms with van der Waals surface area (Å²) < 4.78 is 27.9. The summed E-state index contributed by atoms with van der Waals surface area (Å²) in [6, 6.07) is 5.64. The summed E-state index contributed by atoms with van der Waals surface area (Å²) in [6.07, 6.45) is 5.60. The maximum Gasteiger partial charge on any atom is 0.243 e. The van der Waals surface area contributed by atoms with E-state index in [-0.39, 0.29) is 6.04 Å². The van der Waals surface area contributed by atoms with Crippen molar-refractivity contribution in [2.24, 2.45) is 11.7 Å². The summed E-state index contributed by atoms with van der Waals surface area (Å²) in [7, 11) is -3.39. The molecule has 1 aliphatic heterocycles. The summed E-state index contributed by atoms with van der Waals surface area (Å²) >= 11 is 0. The molecule has 1 heterocycles. The highest BCUT2D eigenvalue weighted by atomic mass is 32.2. The van der Waals surface area contributed by atoms with E-state index in [2.05, 4.69) is 0 Å². The number of benzene rings is 1. The van der Waals surface area contributed by atoms with Crippen molar-refractivity contribution < 1.29 is 8.42 Å². The lowest BCUT2D eigenvalue weighted by Gasteiger charge is -2.31. The molecule has 1 aromatic rings. The van der Waals surface area contributed by atoms with Crippen LogP contribution in [0.2, 0.25) is 0 Å². The van der Waals surface area contributed by atoms with Crippen molar-refractivity contribution in [3.8, 4) is 0 Å². The summed E-state index contributed by atoms with van der Waals surface area (Å²) in [6.45, 7) is 2.91. The minimum atomic E-state index is -3.39. The second-order valence-corrected chi connectivity index (χ2v) is 8.12. The van der Waals surface area contributed by atoms with Gasteiger partial charge >= 0.3 is 0 Å². The van der Waals surface area contributed by atoms with Crippen LogP contribution in [0.25, 0.3) is 0 Å². The standard InChI is InChI=1S/C16H24N2O2S/c1-12-14(11-17)6-4-8-16(12)21(19,20)18-10-9-13-5-2-3-7-15(13)18/h4,6,8,13,15H,2-3,5,7,9-11,17H2,1H3. The molecule has 0 amide bonds. The van der Waals surface area contributed by atoms with Gasteiger partial charge in [0.2, 0.25) is 10.0 Å². The predicted octanol–water partition coefficient (Wildman–Crippen LogP) is 2.41. The predicted molar refractivity (Wildman–Crippen MR) is 83.3 cm³/mol. The summed E-state index contributed by atoms with van der Waals surface area (Å²) in [4.78, 5) is 0.441. The van der Waals surface area contributed by atoms with Gasteiger partial charge in [-0.3, -0.25) is 0 Å². The third-order valence-electron chi connectivity index (χ3n) is 5.16. The molecule has 116 valence electrons. The van der Waals surface area contributed by atoms with Crippen molar-refractivity contribution in [3.63, 3.8) is 0 Å². The Balaban J connectivity index is 1.97. The molecule has 1 aromatic carbocycles. The number of sulfonamides is 1. The van der Waals surface area contributed by atoms with Crippen molar-refractivity contribution in [2.75, 3.05) is 6.54 Å². The van der Waals surface area contributed by atoms with Crippen molar-refractivity contribution in [3.05, 3.63) is 29.3 Å². The number of hydrogen-bond donors (Lipinski definition) is 1. The van der Waals surface area contributed by atoms with Crippen molar-refractivity contribution in [1.82, 2.24) is 4.31 Å². The van der Waals surface area contributed by atoms with Crippen molar-refractivity contribution in [1.29, 1.82) is 0 Å². The molecule has 21 heavy (non-hydrogen) atoms. The Labute approximate surface area is 127 Å². The van der Waals surface area contributed by atoms with Gasteiger partial charge in [0.15, 0.2) is 0 Å². The second kappa shape index (κ2) is 5.71. The van der Waals surface area contributed by atoms with Gasteiger partial charge in [0, 0.05) is 19.1 Å². The molecule has 0 aromatic heterocycles. The molecule has 1 aliphatic carbocycles. The fourth-order valence-electron chi connectivity index (χ4n) is 3.95. The van der Waals surface area contributed by atoms with E-state index in [1.54, 1.807) is 16.4 Å². The summed E-state index contributed by atoms with van der Waals surface area (Å²) in [5, 5.41) is 0. The third kappa shape index (κ3) is 2.51. The van der Waals surface area contributed by atoms with E-state index in [0.29, 0.717) is 23.9 Å². The van der Waals surface area contributed by atoms with Crippen LogP contribution in [0.1, 0.15) is 43.2 Å². The highest BCUT2D eigenvalue weighted by molar-refractivity contribution is 7.89. The first-order valence-electron chi connectivity index (χ1n) is 7.86. The van der Waals surface area contributed by atoms with Crippen LogP contribution in [0.5, 0.6) is 0 Å². The van der Waals surface area contributed by atoms with Crippen LogP contribution < -0.4 is 5.73 Å². The minimum absolute atomic E-state index is 0.213. The molecule has 2 N–H and O–H groups in total. The van der Waals surface area contributed by atoms with E-state index in [1.807, 2.05) is 13.0 Å². The van der Waals surface area contributed by atoms with Crippen LogP contribution in [-0.4, -0.2) is 25.3 Å². The SMILES string of the molecule is Cc1c(CN)cccc1S(=O)(=O)N1CCC2CCCCC21. The largest absolute Gasteiger partial charge is 0.326 e. The maximum absolute atomic E-state index is 13.1. The number of fused-ring (bicyclic) bond motifs is 1. The molecule has 5 heteroatoms. The van der Waals surface area contributed by atoms with E-state index in [4.69, 9.17) is 5.73 Å². The first-order valence-corrected chi connectivity index (χ1v) is 9.30. The van der Waals surface area contributed by atoms with Crippen LogP contribution in [-0.2, 0) is 16.6 Å². The highest BCUT2D eigenvalue weighted by Gasteiger charge is 2.42. The second-order valence-electron chi connectivity index (χ2n) is 6.26. The number of nitrogens with two attached hydrogens (primary N) is 1. The van der Waals surface area contributed by atoms with Gasteiger partial charge in [-0.2, -0.15) is 4.31 Å². The maximum atomic E-state index is 13.1. The lowest BCUT2D eigenvalue weighted by molar-refractivity contribution is 0.260. The number of nitrogens with zero attached hydrogens (tertiary/aromatic N) is 1. The van der Waals surface area contributed by atoms with Gasteiger partial charge in [0.05, 0.1) is 4.90 Å². The Morgan fingerprint density at radius 3 is 2.76 bits per heavy atom. The fourth-order valence-corrected chi connectivity index (χ4v) is 5.95. The molecule has 1 saturated heterocycles. The summed E-state index contributed by atoms with van der Waals surface area (Å²) in [5.41, 5.74) is 7.43. The Morgan fingerprint density at radius 2 is 2.00 bits per heavy atom. The zero-order chi connectivity index (χ0) is 15.0. The normalized spacial score (nSPS) is 26.8. The Hall–Kier alpha value is -0.910. The van der Waals surface area contributed by atoms with E-state index in [0.717, 1.165) is 30.4 Å². The molecule has 0 bridgehead atoms. The monoisotopic (exact) mass is 308 g/mol. The lowest BCUT2D eigenvalue weighted by atomic mass is 9.86. The number of hydrogen-bond acceptors (Lipinski definition) is 3. The molecule has 2 unspecified atom stereocenters. The number of rotatable bonds is 3. The van der Waals surface area contributed by atoms with Crippen molar-refractivity contribution >= 4 is 10.0 Å². The summed E-state index contributed by atoms with van der Waals surface area (Å²) in [5.74, 6) is 0.562. The average Bonchev–Trinajstić information content (AvgIpc) is 2.92. The van der Waals surface area contributed by atoms with Gasteiger partial charge in [0.1, 0.15) is 0 Å². The van der Waals surface area contributed by atoms with E-state index in [9.17, 15) is 8.42 Å². The molecule has 1 saturated carbocycles. The zero-order valence-corrected chi connectivity index (χ0v) is 13.4. The van der Waals surface area contributed by atoms with Crippen LogP contribution in [0, 0.1) is 12.8 Å². The molecule has 0 radical (unpaired) electrons. The average molecular weight is 308 g/mol. The molecule has 3 rings (SSSR count). The first kappa shape index (κ1) is 15.0. The molecule has 4 nitrogen and oxygen atoms in total. The molecule has 0 spiro atoms. The first-order chi connectivity index (χ1) is 10.1. The third-order valence-corrected chi connectivity index (χ3v) is 7.23. The highest BCUT2D eigenvalue weighted by Crippen LogP contribution is 2.39. The van der Waals surface area contributed by atoms with Gasteiger partial charge in [-0.1, -0.05) is 25.0 Å². The fraction of sp³-hybridized carbons (Fsp3) is 0.625. The smallest absolute Gasteiger partial charge is 0.243 e. The molecule has 2 atom stereocenters. The zero-order valence-electron chi connectivity index (χ0n) is 12.6.